The number of alkyl halides is 3. The Morgan fingerprint density at radius 3 is 2.44 bits per heavy atom. The zero-order chi connectivity index (χ0) is 23.3. The molecule has 3 N–H and O–H groups in total. The van der Waals surface area contributed by atoms with Gasteiger partial charge in [0, 0.05) is 11.9 Å². The maximum Gasteiger partial charge on any atom is 0.368 e. The molecule has 2 aromatic carbocycles. The number of halogens is 3. The summed E-state index contributed by atoms with van der Waals surface area (Å²) in [7, 11) is 0. The molecular weight excluding hydrogens is 464 g/mol. The fraction of sp³-hybridized carbons (Fsp3) is 0.0952. The number of rotatable bonds is 8. The molecule has 0 fully saturated rings. The Morgan fingerprint density at radius 2 is 1.84 bits per heavy atom. The number of aliphatic carboxylic acids is 1. The summed E-state index contributed by atoms with van der Waals surface area (Å²) < 4.78 is 15.5. The normalized spacial score (nSPS) is 12.6. The average Bonchev–Trinajstić information content (AvgIpc) is 2.78. The molecule has 3 rings (SSSR count). The number of nitrogens with one attached hydrogen (secondary N) is 1. The number of aromatic nitrogens is 1. The van der Waals surface area contributed by atoms with E-state index in [1.807, 2.05) is 0 Å². The first-order chi connectivity index (χ1) is 15.2. The van der Waals surface area contributed by atoms with Crippen LogP contribution in [-0.4, -0.2) is 37.7 Å². The first kappa shape index (κ1) is 23.1. The Hall–Kier alpha value is -3.56. The van der Waals surface area contributed by atoms with E-state index in [1.165, 1.54) is 24.4 Å². The second-order valence-electron chi connectivity index (χ2n) is 6.38. The molecule has 1 unspecified atom stereocenters. The quantitative estimate of drug-likeness (QED) is 0.249. The largest absolute Gasteiger partial charge is 0.507 e. The molecule has 0 bridgehead atoms. The molecule has 1 heterocycles. The van der Waals surface area contributed by atoms with Gasteiger partial charge in [0.05, 0.1) is 17.4 Å². The van der Waals surface area contributed by atoms with Crippen LogP contribution in [0.4, 0.5) is 15.8 Å². The smallest absolute Gasteiger partial charge is 0.368 e. The number of hydrogen-bond acceptors (Lipinski definition) is 6. The first-order valence-corrected chi connectivity index (χ1v) is 9.89. The second kappa shape index (κ2) is 9.71. The Labute approximate surface area is 191 Å². The molecular formula is C21H16Cl2FN3O5. The third-order valence-corrected chi connectivity index (χ3v) is 4.78. The van der Waals surface area contributed by atoms with Gasteiger partial charge in [0.15, 0.2) is 10.6 Å². The molecule has 32 heavy (non-hydrogen) atoms. The SMILES string of the molecule is O=C(Nc1ccccc1)c1cc(ON(c2cccnc2)C(F)(C(=O)O)C(Cl)Cl)ccc1O. The number of carboxylic acids is 1. The molecule has 1 atom stereocenters. The number of hydrogen-bond donors (Lipinski definition) is 3. The van der Waals surface area contributed by atoms with Crippen molar-refractivity contribution in [2.45, 2.75) is 10.6 Å². The number of pyridine rings is 1. The number of phenols is 1. The molecule has 0 saturated carbocycles. The van der Waals surface area contributed by atoms with E-state index >= 15 is 4.39 Å². The van der Waals surface area contributed by atoms with Crippen LogP contribution in [0.1, 0.15) is 10.4 Å². The predicted molar refractivity (Wildman–Crippen MR) is 117 cm³/mol. The van der Waals surface area contributed by atoms with Gasteiger partial charge in [-0.3, -0.25) is 9.78 Å². The molecule has 0 aliphatic carbocycles. The van der Waals surface area contributed by atoms with Gasteiger partial charge in [-0.05, 0) is 42.5 Å². The molecule has 0 saturated heterocycles. The summed E-state index contributed by atoms with van der Waals surface area (Å²) in [4.78, 5) is 31.5. The van der Waals surface area contributed by atoms with E-state index in [-0.39, 0.29) is 22.7 Å². The van der Waals surface area contributed by atoms with E-state index < -0.39 is 22.5 Å². The zero-order valence-electron chi connectivity index (χ0n) is 16.2. The highest BCUT2D eigenvalue weighted by Gasteiger charge is 2.54. The highest BCUT2D eigenvalue weighted by atomic mass is 35.5. The summed E-state index contributed by atoms with van der Waals surface area (Å²) in [5.41, 5.74) is 0.151. The molecule has 166 valence electrons. The highest BCUT2D eigenvalue weighted by Crippen LogP contribution is 2.35. The number of carbonyl (C=O) groups excluding carboxylic acids is 1. The number of carboxylic acid groups (broad SMARTS) is 1. The monoisotopic (exact) mass is 479 g/mol. The van der Waals surface area contributed by atoms with Crippen LogP contribution in [0.3, 0.4) is 0 Å². The maximum absolute atomic E-state index is 15.5. The lowest BCUT2D eigenvalue weighted by Gasteiger charge is -2.35. The lowest BCUT2D eigenvalue weighted by Crippen LogP contribution is -2.57. The van der Waals surface area contributed by atoms with Crippen molar-refractivity contribution in [3.8, 4) is 11.5 Å². The van der Waals surface area contributed by atoms with Gasteiger partial charge in [0.1, 0.15) is 5.75 Å². The van der Waals surface area contributed by atoms with Crippen molar-refractivity contribution >= 4 is 46.5 Å². The Kier molecular flexibility index (Phi) is 7.01. The van der Waals surface area contributed by atoms with E-state index in [4.69, 9.17) is 28.0 Å². The molecule has 0 radical (unpaired) electrons. The van der Waals surface area contributed by atoms with Crippen LogP contribution in [0.15, 0.2) is 73.1 Å². The van der Waals surface area contributed by atoms with Crippen LogP contribution in [0.5, 0.6) is 11.5 Å². The number of anilines is 2. The fourth-order valence-corrected chi connectivity index (χ4v) is 2.99. The summed E-state index contributed by atoms with van der Waals surface area (Å²) in [6.45, 7) is 0. The van der Waals surface area contributed by atoms with Crippen molar-refractivity contribution in [1.82, 2.24) is 4.98 Å². The predicted octanol–water partition coefficient (Wildman–Crippen LogP) is 4.39. The molecule has 1 aromatic heterocycles. The van der Waals surface area contributed by atoms with E-state index in [1.54, 1.807) is 30.3 Å². The molecule has 3 aromatic rings. The highest BCUT2D eigenvalue weighted by molar-refractivity contribution is 6.46. The van der Waals surface area contributed by atoms with Gasteiger partial charge in [-0.1, -0.05) is 41.4 Å². The first-order valence-electron chi connectivity index (χ1n) is 9.01. The minimum Gasteiger partial charge on any atom is -0.507 e. The van der Waals surface area contributed by atoms with E-state index in [2.05, 4.69) is 10.3 Å². The third-order valence-electron chi connectivity index (χ3n) is 4.21. The van der Waals surface area contributed by atoms with E-state index in [0.29, 0.717) is 10.8 Å². The lowest BCUT2D eigenvalue weighted by atomic mass is 10.1. The molecule has 8 nitrogen and oxygen atoms in total. The Balaban J connectivity index is 1.97. The second-order valence-corrected chi connectivity index (χ2v) is 7.47. The third kappa shape index (κ3) is 4.84. The Morgan fingerprint density at radius 1 is 1.12 bits per heavy atom. The Bertz CT molecular complexity index is 1110. The summed E-state index contributed by atoms with van der Waals surface area (Å²) in [6.07, 6.45) is 2.52. The van der Waals surface area contributed by atoms with Gasteiger partial charge in [-0.25, -0.2) is 9.18 Å². The number of benzene rings is 2. The maximum atomic E-state index is 15.5. The van der Waals surface area contributed by atoms with Crippen LogP contribution >= 0.6 is 23.2 Å². The van der Waals surface area contributed by atoms with Gasteiger partial charge in [-0.15, -0.1) is 0 Å². The minimum atomic E-state index is -3.42. The van der Waals surface area contributed by atoms with Gasteiger partial charge < -0.3 is 20.4 Å². The topological polar surface area (TPSA) is 112 Å². The number of nitrogens with zero attached hydrogens (tertiary/aromatic N) is 2. The van der Waals surface area contributed by atoms with Crippen LogP contribution < -0.4 is 15.2 Å². The van der Waals surface area contributed by atoms with Crippen molar-refractivity contribution < 1.29 is 29.0 Å². The summed E-state index contributed by atoms with van der Waals surface area (Å²) in [5.74, 6) is -6.67. The van der Waals surface area contributed by atoms with Crippen molar-refractivity contribution in [2.24, 2.45) is 0 Å². The number of carbonyl (C=O) groups is 2. The summed E-state index contributed by atoms with van der Waals surface area (Å²) in [5, 5.41) is 22.5. The zero-order valence-corrected chi connectivity index (χ0v) is 17.7. The number of amides is 1. The molecule has 1 amide bonds. The van der Waals surface area contributed by atoms with E-state index in [0.717, 1.165) is 18.3 Å². The van der Waals surface area contributed by atoms with Crippen LogP contribution in [0.25, 0.3) is 0 Å². The lowest BCUT2D eigenvalue weighted by molar-refractivity contribution is -0.153. The van der Waals surface area contributed by atoms with Gasteiger partial charge >= 0.3 is 11.8 Å². The summed E-state index contributed by atoms with van der Waals surface area (Å²) >= 11 is 11.3. The molecule has 11 heteroatoms. The average molecular weight is 480 g/mol. The molecule has 0 aliphatic heterocycles. The van der Waals surface area contributed by atoms with Crippen LogP contribution in [0, 0.1) is 0 Å². The number of hydroxylamine groups is 1. The minimum absolute atomic E-state index is 0.118. The number of phenolic OH excluding ortho intramolecular Hbond substituents is 1. The van der Waals surface area contributed by atoms with Crippen LogP contribution in [-0.2, 0) is 4.79 Å². The van der Waals surface area contributed by atoms with Gasteiger partial charge in [0.2, 0.25) is 0 Å². The van der Waals surface area contributed by atoms with Crippen molar-refractivity contribution in [1.29, 1.82) is 0 Å². The molecule has 0 aliphatic rings. The van der Waals surface area contributed by atoms with Crippen molar-refractivity contribution in [2.75, 3.05) is 10.4 Å². The van der Waals surface area contributed by atoms with E-state index in [9.17, 15) is 19.8 Å². The standard InChI is InChI=1S/C21H16Cl2FN3O5/c22-19(23)21(24,20(30)31)27(14-7-4-10-25-12-14)32-15-8-9-17(28)16(11-15)18(29)26-13-5-2-1-3-6-13/h1-12,19,28H,(H,26,29)(H,30,31). The van der Waals surface area contributed by atoms with Crippen molar-refractivity contribution in [3.63, 3.8) is 0 Å². The van der Waals surface area contributed by atoms with Gasteiger partial charge in [-0.2, -0.15) is 5.06 Å². The van der Waals surface area contributed by atoms with Crippen LogP contribution in [0.2, 0.25) is 0 Å². The van der Waals surface area contributed by atoms with Gasteiger partial charge in [0.25, 0.3) is 5.91 Å². The molecule has 0 spiro atoms. The van der Waals surface area contributed by atoms with Crippen molar-refractivity contribution in [3.05, 3.63) is 78.6 Å². The fourth-order valence-electron chi connectivity index (χ4n) is 2.63. The number of para-hydroxylation sites is 1. The summed E-state index contributed by atoms with van der Waals surface area (Å²) in [6, 6.07) is 14.7. The number of aromatic hydroxyl groups is 1.